The highest BCUT2D eigenvalue weighted by Crippen LogP contribution is 2.34. The van der Waals surface area contributed by atoms with Gasteiger partial charge in [-0.1, -0.05) is 41.4 Å². The molecule has 0 saturated heterocycles. The molecule has 1 atom stereocenters. The van der Waals surface area contributed by atoms with Crippen molar-refractivity contribution in [3.63, 3.8) is 0 Å². The van der Waals surface area contributed by atoms with Crippen molar-refractivity contribution in [1.82, 2.24) is 0 Å². The van der Waals surface area contributed by atoms with Gasteiger partial charge in [0.05, 0.1) is 11.1 Å². The van der Waals surface area contributed by atoms with Crippen molar-refractivity contribution >= 4 is 23.2 Å². The number of aliphatic hydroxyl groups is 1. The SMILES string of the molecule is CC(O)c1ccccc1Oc1ccc(Cl)cc1Cl. The summed E-state index contributed by atoms with van der Waals surface area (Å²) in [4.78, 5) is 0. The first-order valence-corrected chi connectivity index (χ1v) is 6.23. The van der Waals surface area contributed by atoms with E-state index in [2.05, 4.69) is 0 Å². The van der Waals surface area contributed by atoms with Gasteiger partial charge in [0.2, 0.25) is 0 Å². The second-order valence-electron chi connectivity index (χ2n) is 3.89. The Bertz CT molecular complexity index is 553. The predicted octanol–water partition coefficient (Wildman–Crippen LogP) is 4.84. The molecular weight excluding hydrogens is 271 g/mol. The predicted molar refractivity (Wildman–Crippen MR) is 73.6 cm³/mol. The van der Waals surface area contributed by atoms with E-state index < -0.39 is 6.10 Å². The fraction of sp³-hybridized carbons (Fsp3) is 0.143. The van der Waals surface area contributed by atoms with Crippen LogP contribution in [-0.2, 0) is 0 Å². The van der Waals surface area contributed by atoms with Crippen LogP contribution >= 0.6 is 23.2 Å². The van der Waals surface area contributed by atoms with Gasteiger partial charge in [0.15, 0.2) is 0 Å². The average Bonchev–Trinajstić information content (AvgIpc) is 2.33. The van der Waals surface area contributed by atoms with Gasteiger partial charge < -0.3 is 9.84 Å². The van der Waals surface area contributed by atoms with Gasteiger partial charge in [0.1, 0.15) is 11.5 Å². The molecule has 1 N–H and O–H groups in total. The van der Waals surface area contributed by atoms with Crippen molar-refractivity contribution in [2.75, 3.05) is 0 Å². The highest BCUT2D eigenvalue weighted by Gasteiger charge is 2.10. The van der Waals surface area contributed by atoms with E-state index in [1.165, 1.54) is 0 Å². The van der Waals surface area contributed by atoms with Crippen LogP contribution < -0.4 is 4.74 Å². The third kappa shape index (κ3) is 2.96. The highest BCUT2D eigenvalue weighted by molar-refractivity contribution is 6.35. The molecule has 0 heterocycles. The minimum Gasteiger partial charge on any atom is -0.455 e. The zero-order valence-electron chi connectivity index (χ0n) is 9.73. The lowest BCUT2D eigenvalue weighted by molar-refractivity contribution is 0.195. The van der Waals surface area contributed by atoms with E-state index >= 15 is 0 Å². The lowest BCUT2D eigenvalue weighted by Gasteiger charge is -2.13. The van der Waals surface area contributed by atoms with Crippen LogP contribution in [0.5, 0.6) is 11.5 Å². The van der Waals surface area contributed by atoms with Gasteiger partial charge in [-0.2, -0.15) is 0 Å². The minimum absolute atomic E-state index is 0.433. The Morgan fingerprint density at radius 2 is 1.78 bits per heavy atom. The zero-order valence-corrected chi connectivity index (χ0v) is 11.2. The lowest BCUT2D eigenvalue weighted by atomic mass is 10.1. The van der Waals surface area contributed by atoms with Gasteiger partial charge in [-0.05, 0) is 31.2 Å². The first kappa shape index (κ1) is 13.2. The maximum absolute atomic E-state index is 9.66. The van der Waals surface area contributed by atoms with Crippen LogP contribution in [0.1, 0.15) is 18.6 Å². The molecule has 0 amide bonds. The van der Waals surface area contributed by atoms with Gasteiger partial charge in [-0.3, -0.25) is 0 Å². The zero-order chi connectivity index (χ0) is 13.1. The quantitative estimate of drug-likeness (QED) is 0.873. The van der Waals surface area contributed by atoms with Gasteiger partial charge >= 0.3 is 0 Å². The molecule has 2 nitrogen and oxygen atoms in total. The molecule has 0 aliphatic carbocycles. The molecule has 2 aromatic carbocycles. The Kier molecular flexibility index (Phi) is 4.12. The Balaban J connectivity index is 2.34. The van der Waals surface area contributed by atoms with Crippen molar-refractivity contribution in [2.24, 2.45) is 0 Å². The normalized spacial score (nSPS) is 12.2. The van der Waals surface area contributed by atoms with Crippen LogP contribution in [0.25, 0.3) is 0 Å². The van der Waals surface area contributed by atoms with Crippen LogP contribution in [-0.4, -0.2) is 5.11 Å². The Labute approximate surface area is 116 Å². The molecule has 0 spiro atoms. The minimum atomic E-state index is -0.604. The molecule has 0 aliphatic heterocycles. The number of para-hydroxylation sites is 1. The van der Waals surface area contributed by atoms with Gasteiger partial charge in [-0.25, -0.2) is 0 Å². The van der Waals surface area contributed by atoms with E-state index in [0.29, 0.717) is 27.1 Å². The van der Waals surface area contributed by atoms with E-state index in [-0.39, 0.29) is 0 Å². The van der Waals surface area contributed by atoms with Crippen LogP contribution in [0.4, 0.5) is 0 Å². The maximum atomic E-state index is 9.66. The van der Waals surface area contributed by atoms with E-state index in [9.17, 15) is 5.11 Å². The molecule has 0 bridgehead atoms. The second kappa shape index (κ2) is 5.61. The summed E-state index contributed by atoms with van der Waals surface area (Å²) in [6, 6.07) is 12.3. The molecular formula is C14H12Cl2O2. The average molecular weight is 283 g/mol. The van der Waals surface area contributed by atoms with Crippen LogP contribution in [0.15, 0.2) is 42.5 Å². The topological polar surface area (TPSA) is 29.5 Å². The summed E-state index contributed by atoms with van der Waals surface area (Å²) in [6.07, 6.45) is -0.604. The fourth-order valence-electron chi connectivity index (χ4n) is 1.60. The largest absolute Gasteiger partial charge is 0.455 e. The summed E-state index contributed by atoms with van der Waals surface area (Å²) in [5.74, 6) is 1.09. The number of hydrogen-bond donors (Lipinski definition) is 1. The van der Waals surface area contributed by atoms with Crippen molar-refractivity contribution < 1.29 is 9.84 Å². The maximum Gasteiger partial charge on any atom is 0.146 e. The number of halogens is 2. The number of hydrogen-bond acceptors (Lipinski definition) is 2. The van der Waals surface area contributed by atoms with Gasteiger partial charge in [0.25, 0.3) is 0 Å². The Morgan fingerprint density at radius 1 is 1.06 bits per heavy atom. The van der Waals surface area contributed by atoms with E-state index in [0.717, 1.165) is 0 Å². The lowest BCUT2D eigenvalue weighted by Crippen LogP contribution is -1.96. The summed E-state index contributed by atoms with van der Waals surface area (Å²) < 4.78 is 5.71. The highest BCUT2D eigenvalue weighted by atomic mass is 35.5. The molecule has 0 radical (unpaired) electrons. The van der Waals surface area contributed by atoms with Crippen LogP contribution in [0.2, 0.25) is 10.0 Å². The van der Waals surface area contributed by atoms with Crippen molar-refractivity contribution in [3.8, 4) is 11.5 Å². The van der Waals surface area contributed by atoms with E-state index in [4.69, 9.17) is 27.9 Å². The summed E-state index contributed by atoms with van der Waals surface area (Å²) in [6.45, 7) is 1.69. The number of benzene rings is 2. The molecule has 0 saturated carbocycles. The molecule has 0 aromatic heterocycles. The Hall–Kier alpha value is -1.22. The van der Waals surface area contributed by atoms with Crippen molar-refractivity contribution in [1.29, 1.82) is 0 Å². The van der Waals surface area contributed by atoms with Gasteiger partial charge in [0, 0.05) is 10.6 Å². The van der Waals surface area contributed by atoms with Crippen LogP contribution in [0.3, 0.4) is 0 Å². The van der Waals surface area contributed by atoms with Crippen LogP contribution in [0, 0.1) is 0 Å². The number of rotatable bonds is 3. The monoisotopic (exact) mass is 282 g/mol. The summed E-state index contributed by atoms with van der Waals surface area (Å²) in [7, 11) is 0. The van der Waals surface area contributed by atoms with Crippen molar-refractivity contribution in [3.05, 3.63) is 58.1 Å². The molecule has 2 rings (SSSR count). The van der Waals surface area contributed by atoms with E-state index in [1.807, 2.05) is 18.2 Å². The Morgan fingerprint density at radius 3 is 2.44 bits per heavy atom. The second-order valence-corrected chi connectivity index (χ2v) is 4.73. The first-order chi connectivity index (χ1) is 8.58. The van der Waals surface area contributed by atoms with Crippen molar-refractivity contribution in [2.45, 2.75) is 13.0 Å². The molecule has 18 heavy (non-hydrogen) atoms. The van der Waals surface area contributed by atoms with E-state index in [1.54, 1.807) is 31.2 Å². The summed E-state index contributed by atoms with van der Waals surface area (Å²) >= 11 is 11.9. The number of aliphatic hydroxyl groups excluding tert-OH is 1. The molecule has 1 unspecified atom stereocenters. The molecule has 0 aliphatic rings. The third-order valence-electron chi connectivity index (χ3n) is 2.48. The first-order valence-electron chi connectivity index (χ1n) is 5.48. The van der Waals surface area contributed by atoms with Gasteiger partial charge in [-0.15, -0.1) is 0 Å². The molecule has 4 heteroatoms. The fourth-order valence-corrected chi connectivity index (χ4v) is 2.04. The summed E-state index contributed by atoms with van der Waals surface area (Å²) in [5.41, 5.74) is 0.712. The molecule has 94 valence electrons. The molecule has 2 aromatic rings. The summed E-state index contributed by atoms with van der Waals surface area (Å²) in [5, 5.41) is 10.6. The third-order valence-corrected chi connectivity index (χ3v) is 3.01. The number of ether oxygens (including phenoxy) is 1. The smallest absolute Gasteiger partial charge is 0.146 e. The molecule has 0 fully saturated rings. The standard InChI is InChI=1S/C14H12Cl2O2/c1-9(17)11-4-2-3-5-13(11)18-14-7-6-10(15)8-12(14)16/h2-9,17H,1H3.